The van der Waals surface area contributed by atoms with Crippen LogP contribution in [0.5, 0.6) is 5.75 Å². The summed E-state index contributed by atoms with van der Waals surface area (Å²) in [5.41, 5.74) is 0.541. The highest BCUT2D eigenvalue weighted by Crippen LogP contribution is 2.36. The number of aliphatic hydroxyl groups is 1. The van der Waals surface area contributed by atoms with E-state index in [1.807, 2.05) is 14.1 Å². The molecule has 0 spiro atoms. The summed E-state index contributed by atoms with van der Waals surface area (Å²) in [5.74, 6) is -0.515. The van der Waals surface area contributed by atoms with Gasteiger partial charge in [-0.2, -0.15) is 18.3 Å². The van der Waals surface area contributed by atoms with E-state index in [-0.39, 0.29) is 11.3 Å². The zero-order valence-electron chi connectivity index (χ0n) is 15.6. The molecule has 0 radical (unpaired) electrons. The smallest absolute Gasteiger partial charge is 0.416 e. The molecule has 2 rings (SSSR count). The van der Waals surface area contributed by atoms with E-state index in [0.717, 1.165) is 25.5 Å². The quantitative estimate of drug-likeness (QED) is 0.709. The van der Waals surface area contributed by atoms with E-state index < -0.39 is 23.6 Å². The Balaban J connectivity index is 2.15. The molecular formula is C19H24F3N3O2. The number of halogens is 3. The summed E-state index contributed by atoms with van der Waals surface area (Å²) in [7, 11) is 3.97. The molecule has 1 heterocycles. The Bertz CT molecular complexity index is 779. The first-order chi connectivity index (χ1) is 12.6. The van der Waals surface area contributed by atoms with Crippen molar-refractivity contribution in [1.29, 1.82) is 0 Å². The average Bonchev–Trinajstić information content (AvgIpc) is 2.57. The molecule has 148 valence electrons. The van der Waals surface area contributed by atoms with Crippen LogP contribution in [-0.2, 0) is 6.18 Å². The maximum atomic E-state index is 12.7. The van der Waals surface area contributed by atoms with Gasteiger partial charge in [0, 0.05) is 5.56 Å². The number of hydrogen-bond acceptors (Lipinski definition) is 5. The zero-order chi connectivity index (χ0) is 20.2. The van der Waals surface area contributed by atoms with Crippen molar-refractivity contribution in [2.75, 3.05) is 20.6 Å². The SMILES string of the molecule is Cc1cc([C@H](O)CCCCN(C)C)nnc1-c1ccc(C(F)(F)F)cc1O. The van der Waals surface area contributed by atoms with Crippen LogP contribution >= 0.6 is 0 Å². The molecule has 0 bridgehead atoms. The highest BCUT2D eigenvalue weighted by atomic mass is 19.4. The molecule has 1 atom stereocenters. The van der Waals surface area contributed by atoms with Gasteiger partial charge in [0.05, 0.1) is 23.1 Å². The maximum absolute atomic E-state index is 12.7. The third-order valence-corrected chi connectivity index (χ3v) is 4.26. The molecule has 5 nitrogen and oxygen atoms in total. The van der Waals surface area contributed by atoms with Crippen molar-refractivity contribution in [2.45, 2.75) is 38.5 Å². The summed E-state index contributed by atoms with van der Waals surface area (Å²) in [4.78, 5) is 2.07. The Morgan fingerprint density at radius 1 is 1.11 bits per heavy atom. The van der Waals surface area contributed by atoms with Crippen molar-refractivity contribution in [2.24, 2.45) is 0 Å². The minimum atomic E-state index is -4.53. The first kappa shape index (κ1) is 21.1. The Kier molecular flexibility index (Phi) is 6.78. The molecule has 0 amide bonds. The van der Waals surface area contributed by atoms with Crippen LogP contribution in [0.25, 0.3) is 11.3 Å². The van der Waals surface area contributed by atoms with E-state index in [2.05, 4.69) is 15.1 Å². The molecular weight excluding hydrogens is 359 g/mol. The summed E-state index contributed by atoms with van der Waals surface area (Å²) < 4.78 is 38.2. The molecule has 2 aromatic rings. The first-order valence-electron chi connectivity index (χ1n) is 8.67. The standard InChI is InChI=1S/C19H24F3N3O2/c1-12-10-15(16(26)6-4-5-9-25(2)3)23-24-18(12)14-8-7-13(11-17(14)27)19(20,21)22/h7-8,10-11,16,26-27H,4-6,9H2,1-3H3/t16-/m1/s1. The Labute approximate surface area is 156 Å². The molecule has 0 aliphatic rings. The van der Waals surface area contributed by atoms with Crippen LogP contribution in [0.3, 0.4) is 0 Å². The van der Waals surface area contributed by atoms with Gasteiger partial charge in [-0.3, -0.25) is 0 Å². The van der Waals surface area contributed by atoms with Crippen LogP contribution in [0.15, 0.2) is 24.3 Å². The van der Waals surface area contributed by atoms with Crippen molar-refractivity contribution >= 4 is 0 Å². The predicted molar refractivity (Wildman–Crippen MR) is 96.2 cm³/mol. The number of benzene rings is 1. The number of phenols is 1. The number of aromatic hydroxyl groups is 1. The maximum Gasteiger partial charge on any atom is 0.416 e. The number of alkyl halides is 3. The summed E-state index contributed by atoms with van der Waals surface area (Å²) in [6.07, 6.45) is -2.95. The Hall–Kier alpha value is -2.19. The summed E-state index contributed by atoms with van der Waals surface area (Å²) >= 11 is 0. The van der Waals surface area contributed by atoms with Crippen LogP contribution in [0.1, 0.15) is 42.2 Å². The zero-order valence-corrected chi connectivity index (χ0v) is 15.6. The number of hydrogen-bond donors (Lipinski definition) is 2. The molecule has 1 aromatic carbocycles. The molecule has 0 unspecified atom stereocenters. The van der Waals surface area contributed by atoms with Gasteiger partial charge in [0.25, 0.3) is 0 Å². The van der Waals surface area contributed by atoms with Crippen molar-refractivity contribution < 1.29 is 23.4 Å². The van der Waals surface area contributed by atoms with Crippen LogP contribution < -0.4 is 0 Å². The van der Waals surface area contributed by atoms with Gasteiger partial charge in [-0.15, -0.1) is 5.10 Å². The summed E-state index contributed by atoms with van der Waals surface area (Å²) in [5, 5.41) is 28.3. The van der Waals surface area contributed by atoms with Crippen molar-refractivity contribution in [3.8, 4) is 17.0 Å². The number of aliphatic hydroxyl groups excluding tert-OH is 1. The lowest BCUT2D eigenvalue weighted by atomic mass is 10.0. The van der Waals surface area contributed by atoms with Gasteiger partial charge in [-0.25, -0.2) is 0 Å². The number of nitrogens with zero attached hydrogens (tertiary/aromatic N) is 3. The molecule has 8 heteroatoms. The fourth-order valence-electron chi connectivity index (χ4n) is 2.76. The van der Waals surface area contributed by atoms with Gasteiger partial charge in [0.1, 0.15) is 5.75 Å². The van der Waals surface area contributed by atoms with Gasteiger partial charge >= 0.3 is 6.18 Å². The topological polar surface area (TPSA) is 69.5 Å². The predicted octanol–water partition coefficient (Wildman–Crippen LogP) is 3.94. The highest BCUT2D eigenvalue weighted by Gasteiger charge is 2.31. The molecule has 27 heavy (non-hydrogen) atoms. The van der Waals surface area contributed by atoms with E-state index in [4.69, 9.17) is 0 Å². The van der Waals surface area contributed by atoms with E-state index in [0.29, 0.717) is 23.7 Å². The lowest BCUT2D eigenvalue weighted by Gasteiger charge is -2.14. The second-order valence-electron chi connectivity index (χ2n) is 6.85. The fourth-order valence-corrected chi connectivity index (χ4v) is 2.76. The van der Waals surface area contributed by atoms with Crippen LogP contribution in [-0.4, -0.2) is 46.0 Å². The Morgan fingerprint density at radius 2 is 1.81 bits per heavy atom. The van der Waals surface area contributed by atoms with Gasteiger partial charge in [-0.1, -0.05) is 0 Å². The van der Waals surface area contributed by atoms with E-state index in [1.165, 1.54) is 6.07 Å². The third-order valence-electron chi connectivity index (χ3n) is 4.26. The second-order valence-corrected chi connectivity index (χ2v) is 6.85. The van der Waals surface area contributed by atoms with Crippen molar-refractivity contribution in [3.63, 3.8) is 0 Å². The lowest BCUT2D eigenvalue weighted by Crippen LogP contribution is -2.13. The van der Waals surface area contributed by atoms with Gasteiger partial charge in [0.15, 0.2) is 0 Å². The van der Waals surface area contributed by atoms with Crippen LogP contribution in [0, 0.1) is 6.92 Å². The number of rotatable bonds is 7. The van der Waals surface area contributed by atoms with E-state index in [1.54, 1.807) is 13.0 Å². The van der Waals surface area contributed by atoms with E-state index in [9.17, 15) is 23.4 Å². The largest absolute Gasteiger partial charge is 0.507 e. The van der Waals surface area contributed by atoms with Crippen LogP contribution in [0.4, 0.5) is 13.2 Å². The Morgan fingerprint density at radius 3 is 2.37 bits per heavy atom. The molecule has 0 saturated heterocycles. The lowest BCUT2D eigenvalue weighted by molar-refractivity contribution is -0.137. The molecule has 2 N–H and O–H groups in total. The summed E-state index contributed by atoms with van der Waals surface area (Å²) in [6, 6.07) is 4.39. The minimum Gasteiger partial charge on any atom is -0.507 e. The number of aromatic nitrogens is 2. The normalized spacial score (nSPS) is 13.2. The highest BCUT2D eigenvalue weighted by molar-refractivity contribution is 5.69. The molecule has 0 saturated carbocycles. The molecule has 1 aromatic heterocycles. The van der Waals surface area contributed by atoms with Gasteiger partial charge < -0.3 is 15.1 Å². The molecule has 0 aliphatic heterocycles. The fraction of sp³-hybridized carbons (Fsp3) is 0.474. The van der Waals surface area contributed by atoms with Crippen LogP contribution in [0.2, 0.25) is 0 Å². The monoisotopic (exact) mass is 383 g/mol. The van der Waals surface area contributed by atoms with E-state index >= 15 is 0 Å². The number of unbranched alkanes of at least 4 members (excludes halogenated alkanes) is 1. The second kappa shape index (κ2) is 8.67. The number of aryl methyl sites for hydroxylation is 1. The minimum absolute atomic E-state index is 0.167. The number of phenolic OH excluding ortho intramolecular Hbond substituents is 1. The van der Waals surface area contributed by atoms with Crippen molar-refractivity contribution in [1.82, 2.24) is 15.1 Å². The van der Waals surface area contributed by atoms with Gasteiger partial charge in [0.2, 0.25) is 0 Å². The molecule has 0 aliphatic carbocycles. The first-order valence-corrected chi connectivity index (χ1v) is 8.67. The third kappa shape index (κ3) is 5.64. The summed E-state index contributed by atoms with van der Waals surface area (Å²) in [6.45, 7) is 2.65. The average molecular weight is 383 g/mol. The van der Waals surface area contributed by atoms with Gasteiger partial charge in [-0.05, 0) is 76.7 Å². The van der Waals surface area contributed by atoms with Crippen molar-refractivity contribution in [3.05, 3.63) is 41.1 Å². The molecule has 0 fully saturated rings.